The number of hydrogen-bond donors (Lipinski definition) is 0. The minimum Gasteiger partial charge on any atom is -1.00 e. The average Bonchev–Trinajstić information content (AvgIpc) is 2.96. The molecule has 0 unspecified atom stereocenters. The van der Waals surface area contributed by atoms with Crippen LogP contribution < -0.4 is 24.8 Å². The Labute approximate surface area is 151 Å². The molecule has 0 N–H and O–H groups in total. The van der Waals surface area contributed by atoms with E-state index >= 15 is 0 Å². The van der Waals surface area contributed by atoms with E-state index in [-0.39, 0.29) is 24.8 Å². The van der Waals surface area contributed by atoms with Gasteiger partial charge in [-0.2, -0.15) is 22.8 Å². The van der Waals surface area contributed by atoms with Gasteiger partial charge in [0, 0.05) is 0 Å². The molecular weight excluding hydrogens is 366 g/mol. The first-order valence-corrected chi connectivity index (χ1v) is 7.97. The number of aryl methyl sites for hydroxylation is 1. The summed E-state index contributed by atoms with van der Waals surface area (Å²) in [7, 11) is 0. The molecule has 0 saturated carbocycles. The van der Waals surface area contributed by atoms with Crippen molar-refractivity contribution in [3.8, 4) is 0 Å². The minimum absolute atomic E-state index is 0. The maximum absolute atomic E-state index is 2.29. The quantitative estimate of drug-likeness (QED) is 0.552. The van der Waals surface area contributed by atoms with Crippen LogP contribution in [0.1, 0.15) is 50.3 Å². The molecule has 0 nitrogen and oxygen atoms in total. The van der Waals surface area contributed by atoms with Gasteiger partial charge in [-0.25, -0.2) is 6.07 Å². The third-order valence-electron chi connectivity index (χ3n) is 3.04. The van der Waals surface area contributed by atoms with E-state index in [0.29, 0.717) is 5.92 Å². The Morgan fingerprint density at radius 1 is 1.15 bits per heavy atom. The maximum Gasteiger partial charge on any atom is -1.00 e. The molecule has 1 aliphatic rings. The van der Waals surface area contributed by atoms with Gasteiger partial charge in [0.15, 0.2) is 0 Å². The summed E-state index contributed by atoms with van der Waals surface area (Å²) in [6, 6.07) is 4.58. The fraction of sp³-hybridized carbons (Fsp3) is 0.412. The Bertz CT molecular complexity index is 440. The summed E-state index contributed by atoms with van der Waals surface area (Å²) in [6.45, 7) is 8.73. The van der Waals surface area contributed by atoms with Gasteiger partial charge >= 0.3 is 41.3 Å². The molecule has 0 spiro atoms. The average molecular weight is 390 g/mol. The van der Waals surface area contributed by atoms with Crippen LogP contribution in [-0.4, -0.2) is 3.21 Å². The molecule has 1 aliphatic carbocycles. The molecular formula is C17H23Cl2Zr-. The van der Waals surface area contributed by atoms with Crippen molar-refractivity contribution in [1.82, 2.24) is 0 Å². The van der Waals surface area contributed by atoms with Crippen molar-refractivity contribution in [3.05, 3.63) is 53.1 Å². The molecule has 2 rings (SSSR count). The van der Waals surface area contributed by atoms with Crippen molar-refractivity contribution in [2.75, 3.05) is 0 Å². The molecule has 110 valence electrons. The van der Waals surface area contributed by atoms with Gasteiger partial charge in [-0.15, -0.1) is 0 Å². The molecule has 0 fully saturated rings. The van der Waals surface area contributed by atoms with E-state index in [9.17, 15) is 0 Å². The van der Waals surface area contributed by atoms with E-state index in [4.69, 9.17) is 0 Å². The SMILES string of the molecule is CCc1c(C2C=CC=C2)cc[c-]1CC.C[C](C)=[Zr+2].[Cl-].[Cl-]. The number of allylic oxidation sites excluding steroid dienone is 4. The van der Waals surface area contributed by atoms with Crippen LogP contribution in [0.25, 0.3) is 0 Å². The van der Waals surface area contributed by atoms with Crippen LogP contribution in [0, 0.1) is 0 Å². The molecule has 0 amide bonds. The van der Waals surface area contributed by atoms with E-state index in [1.165, 1.54) is 14.3 Å². The van der Waals surface area contributed by atoms with E-state index < -0.39 is 0 Å². The first-order valence-electron chi connectivity index (χ1n) is 6.74. The largest absolute Gasteiger partial charge is 1.00 e. The third-order valence-corrected chi connectivity index (χ3v) is 3.04. The number of rotatable bonds is 3. The first kappa shape index (κ1) is 22.4. The summed E-state index contributed by atoms with van der Waals surface area (Å²) in [6.07, 6.45) is 11.1. The molecule has 0 bridgehead atoms. The molecule has 3 heteroatoms. The molecule has 0 heterocycles. The molecule has 20 heavy (non-hydrogen) atoms. The van der Waals surface area contributed by atoms with Crippen LogP contribution in [0.4, 0.5) is 0 Å². The third kappa shape index (κ3) is 6.75. The van der Waals surface area contributed by atoms with Gasteiger partial charge in [0.2, 0.25) is 0 Å². The Kier molecular flexibility index (Phi) is 13.2. The van der Waals surface area contributed by atoms with Gasteiger partial charge in [-0.1, -0.05) is 51.0 Å². The Morgan fingerprint density at radius 2 is 1.65 bits per heavy atom. The number of hydrogen-bond acceptors (Lipinski definition) is 0. The second-order valence-electron chi connectivity index (χ2n) is 4.80. The molecule has 1 aromatic rings. The molecule has 0 aliphatic heterocycles. The van der Waals surface area contributed by atoms with Crippen LogP contribution in [0.3, 0.4) is 0 Å². The van der Waals surface area contributed by atoms with Gasteiger partial charge in [-0.05, 0) is 5.92 Å². The van der Waals surface area contributed by atoms with Crippen LogP contribution in [0.15, 0.2) is 36.4 Å². The second kappa shape index (κ2) is 11.8. The zero-order chi connectivity index (χ0) is 13.5. The molecule has 0 radical (unpaired) electrons. The van der Waals surface area contributed by atoms with Crippen LogP contribution in [-0.2, 0) is 37.1 Å². The standard InChI is InChI=1S/C14H17.C3H6.2ClH.Zr/c1-3-11-9-10-14(13(11)4-2)12-7-5-6-8-12;1-3-2;;;/h5-10,12H,3-4H2,1-2H3;1-2H3;2*1H;/q-1;;;;+2/p-2. The molecule has 0 aromatic heterocycles. The van der Waals surface area contributed by atoms with E-state index in [2.05, 4.69) is 64.1 Å². The van der Waals surface area contributed by atoms with Gasteiger partial charge in [0.1, 0.15) is 0 Å². The van der Waals surface area contributed by atoms with Gasteiger partial charge in [0.05, 0.1) is 0 Å². The second-order valence-corrected chi connectivity index (χ2v) is 7.25. The minimum atomic E-state index is 0. The van der Waals surface area contributed by atoms with E-state index in [1.54, 1.807) is 29.8 Å². The summed E-state index contributed by atoms with van der Waals surface area (Å²) in [4.78, 5) is 0. The van der Waals surface area contributed by atoms with Crippen molar-refractivity contribution < 1.29 is 49.0 Å². The summed E-state index contributed by atoms with van der Waals surface area (Å²) in [5.41, 5.74) is 4.60. The van der Waals surface area contributed by atoms with Gasteiger partial charge in [-0.3, -0.25) is 0 Å². The smallest absolute Gasteiger partial charge is 1.00 e. The fourth-order valence-electron chi connectivity index (χ4n) is 2.29. The molecule has 1 aromatic carbocycles. The van der Waals surface area contributed by atoms with E-state index in [1.807, 2.05) is 0 Å². The van der Waals surface area contributed by atoms with E-state index in [0.717, 1.165) is 12.8 Å². The van der Waals surface area contributed by atoms with Gasteiger partial charge < -0.3 is 24.8 Å². The zero-order valence-corrected chi connectivity index (χ0v) is 16.7. The van der Waals surface area contributed by atoms with Crippen molar-refractivity contribution in [2.24, 2.45) is 0 Å². The van der Waals surface area contributed by atoms with Crippen LogP contribution in [0.5, 0.6) is 0 Å². The van der Waals surface area contributed by atoms with Crippen molar-refractivity contribution in [1.29, 1.82) is 0 Å². The van der Waals surface area contributed by atoms with Crippen LogP contribution in [0.2, 0.25) is 0 Å². The fourth-order valence-corrected chi connectivity index (χ4v) is 2.29. The van der Waals surface area contributed by atoms with Crippen molar-refractivity contribution >= 4 is 3.21 Å². The van der Waals surface area contributed by atoms with Crippen molar-refractivity contribution in [3.63, 3.8) is 0 Å². The summed E-state index contributed by atoms with van der Waals surface area (Å²) < 4.78 is 1.51. The maximum atomic E-state index is 2.29. The van der Waals surface area contributed by atoms with Gasteiger partial charge in [0.25, 0.3) is 0 Å². The predicted octanol–water partition coefficient (Wildman–Crippen LogP) is -1.51. The Morgan fingerprint density at radius 3 is 2.05 bits per heavy atom. The molecule has 0 atom stereocenters. The Balaban J connectivity index is 0. The molecule has 0 saturated heterocycles. The summed E-state index contributed by atoms with van der Waals surface area (Å²) in [5, 5.41) is 0. The summed E-state index contributed by atoms with van der Waals surface area (Å²) >= 11 is 1.55. The zero-order valence-electron chi connectivity index (χ0n) is 12.7. The Hall–Kier alpha value is 0.163. The summed E-state index contributed by atoms with van der Waals surface area (Å²) in [5.74, 6) is 0.533. The first-order chi connectivity index (χ1) is 8.60. The van der Waals surface area contributed by atoms with Crippen molar-refractivity contribution in [2.45, 2.75) is 46.5 Å². The number of halogens is 2. The predicted molar refractivity (Wildman–Crippen MR) is 78.2 cm³/mol. The monoisotopic (exact) mass is 387 g/mol. The topological polar surface area (TPSA) is 0 Å². The van der Waals surface area contributed by atoms with Crippen LogP contribution >= 0.6 is 0 Å². The normalized spacial score (nSPS) is 12.3.